The summed E-state index contributed by atoms with van der Waals surface area (Å²) in [6.45, 7) is 0. The lowest BCUT2D eigenvalue weighted by Gasteiger charge is -2.06. The summed E-state index contributed by atoms with van der Waals surface area (Å²) in [5.74, 6) is -0.256. The highest BCUT2D eigenvalue weighted by Gasteiger charge is 2.11. The summed E-state index contributed by atoms with van der Waals surface area (Å²) >= 11 is 11.2. The average molecular weight is 309 g/mol. The van der Waals surface area contributed by atoms with Crippen LogP contribution in [0.1, 0.15) is 0 Å². The van der Waals surface area contributed by atoms with Gasteiger partial charge < -0.3 is 9.72 Å². The monoisotopic (exact) mass is 308 g/mol. The molecule has 0 amide bonds. The molecule has 6 heteroatoms. The molecule has 2 aromatic carbocycles. The minimum atomic E-state index is -0.431. The zero-order valence-corrected chi connectivity index (χ0v) is 12.1. The fourth-order valence-electron chi connectivity index (χ4n) is 2.11. The van der Waals surface area contributed by atoms with Gasteiger partial charge in [0.25, 0.3) is 0 Å². The van der Waals surface area contributed by atoms with E-state index in [2.05, 4.69) is 4.98 Å². The van der Waals surface area contributed by atoms with Crippen LogP contribution in [0.25, 0.3) is 16.7 Å². The quantitative estimate of drug-likeness (QED) is 0.707. The van der Waals surface area contributed by atoms with Gasteiger partial charge in [-0.2, -0.15) is 0 Å². The summed E-state index contributed by atoms with van der Waals surface area (Å²) in [6.07, 6.45) is 0. The molecule has 0 saturated carbocycles. The first-order chi connectivity index (χ1) is 9.60. The maximum Gasteiger partial charge on any atom is 0.182 e. The highest BCUT2D eigenvalue weighted by Crippen LogP contribution is 2.27. The van der Waals surface area contributed by atoms with Gasteiger partial charge in [0.2, 0.25) is 0 Å². The molecule has 0 saturated heterocycles. The van der Waals surface area contributed by atoms with Gasteiger partial charge in [-0.15, -0.1) is 0 Å². The number of hydrogen-bond donors (Lipinski definition) is 1. The van der Waals surface area contributed by atoms with Crippen molar-refractivity contribution in [3.8, 4) is 11.4 Å². The largest absolute Gasteiger partial charge is 0.494 e. The van der Waals surface area contributed by atoms with Crippen LogP contribution in [0, 0.1) is 10.6 Å². The molecule has 0 atom stereocenters. The van der Waals surface area contributed by atoms with Gasteiger partial charge in [-0.1, -0.05) is 11.6 Å². The number of aromatic nitrogens is 2. The third kappa shape index (κ3) is 2.09. The molecule has 3 aromatic rings. The second-order valence-electron chi connectivity index (χ2n) is 4.25. The molecular weight excluding hydrogens is 299 g/mol. The van der Waals surface area contributed by atoms with Crippen molar-refractivity contribution in [2.45, 2.75) is 0 Å². The summed E-state index contributed by atoms with van der Waals surface area (Å²) in [7, 11) is 1.43. The Balaban J connectivity index is 2.32. The Morgan fingerprint density at radius 3 is 2.60 bits per heavy atom. The molecule has 0 bridgehead atoms. The first-order valence-electron chi connectivity index (χ1n) is 5.84. The van der Waals surface area contributed by atoms with Gasteiger partial charge >= 0.3 is 0 Å². The Morgan fingerprint density at radius 2 is 1.95 bits per heavy atom. The smallest absolute Gasteiger partial charge is 0.182 e. The van der Waals surface area contributed by atoms with Crippen LogP contribution in [0.5, 0.6) is 5.75 Å². The molecule has 1 heterocycles. The molecule has 3 nitrogen and oxygen atoms in total. The predicted octanol–water partition coefficient (Wildman–Crippen LogP) is 4.49. The first kappa shape index (κ1) is 13.1. The summed E-state index contributed by atoms with van der Waals surface area (Å²) in [4.78, 5) is 2.98. The topological polar surface area (TPSA) is 29.9 Å². The lowest BCUT2D eigenvalue weighted by Crippen LogP contribution is -1.94. The third-order valence-electron chi connectivity index (χ3n) is 3.04. The molecule has 1 aromatic heterocycles. The van der Waals surface area contributed by atoms with Crippen LogP contribution in [0.15, 0.2) is 36.4 Å². The molecule has 0 unspecified atom stereocenters. The van der Waals surface area contributed by atoms with Gasteiger partial charge in [0.05, 0.1) is 18.1 Å². The van der Waals surface area contributed by atoms with E-state index in [1.165, 1.54) is 13.2 Å². The van der Waals surface area contributed by atoms with E-state index in [4.69, 9.17) is 28.6 Å². The third-order valence-corrected chi connectivity index (χ3v) is 3.58. The van der Waals surface area contributed by atoms with Crippen molar-refractivity contribution in [2.75, 3.05) is 7.11 Å². The number of halogens is 2. The van der Waals surface area contributed by atoms with Gasteiger partial charge in [-0.25, -0.2) is 4.39 Å². The number of methoxy groups -OCH3 is 1. The van der Waals surface area contributed by atoms with E-state index in [1.807, 2.05) is 16.7 Å². The van der Waals surface area contributed by atoms with E-state index < -0.39 is 5.82 Å². The molecule has 0 aliphatic carbocycles. The SMILES string of the molecule is COc1cc2c(cc1F)[nH]c(=S)n2-c1ccc(Cl)cc1. The van der Waals surface area contributed by atoms with E-state index in [9.17, 15) is 4.39 Å². The number of ether oxygens (including phenoxy) is 1. The summed E-state index contributed by atoms with van der Waals surface area (Å²) in [6, 6.07) is 10.2. The number of imidazole rings is 1. The van der Waals surface area contributed by atoms with E-state index >= 15 is 0 Å². The highest BCUT2D eigenvalue weighted by atomic mass is 35.5. The summed E-state index contributed by atoms with van der Waals surface area (Å²) < 4.78 is 21.0. The summed E-state index contributed by atoms with van der Waals surface area (Å²) in [5.41, 5.74) is 2.21. The highest BCUT2D eigenvalue weighted by molar-refractivity contribution is 7.71. The Bertz CT molecular complexity index is 839. The van der Waals surface area contributed by atoms with Gasteiger partial charge in [0.15, 0.2) is 16.3 Å². The van der Waals surface area contributed by atoms with Crippen LogP contribution >= 0.6 is 23.8 Å². The van der Waals surface area contributed by atoms with Crippen molar-refractivity contribution in [2.24, 2.45) is 0 Å². The number of nitrogens with zero attached hydrogens (tertiary/aromatic N) is 1. The maximum absolute atomic E-state index is 13.7. The van der Waals surface area contributed by atoms with Crippen molar-refractivity contribution in [3.05, 3.63) is 52.0 Å². The van der Waals surface area contributed by atoms with Crippen LogP contribution in [0.4, 0.5) is 4.39 Å². The Morgan fingerprint density at radius 1 is 1.25 bits per heavy atom. The van der Waals surface area contributed by atoms with E-state index in [-0.39, 0.29) is 5.75 Å². The van der Waals surface area contributed by atoms with Crippen LogP contribution in [0.2, 0.25) is 5.02 Å². The Hall–Kier alpha value is -1.85. The molecule has 102 valence electrons. The van der Waals surface area contributed by atoms with E-state index in [0.717, 1.165) is 11.2 Å². The van der Waals surface area contributed by atoms with Crippen molar-refractivity contribution in [1.82, 2.24) is 9.55 Å². The van der Waals surface area contributed by atoms with Crippen LogP contribution < -0.4 is 4.74 Å². The van der Waals surface area contributed by atoms with Gasteiger partial charge in [-0.3, -0.25) is 4.57 Å². The number of benzene rings is 2. The first-order valence-corrected chi connectivity index (χ1v) is 6.63. The molecule has 0 aliphatic rings. The second-order valence-corrected chi connectivity index (χ2v) is 5.07. The molecule has 0 aliphatic heterocycles. The van der Waals surface area contributed by atoms with Gasteiger partial charge in [-0.05, 0) is 36.5 Å². The van der Waals surface area contributed by atoms with Gasteiger partial charge in [0, 0.05) is 22.8 Å². The normalized spacial score (nSPS) is 10.9. The molecule has 0 spiro atoms. The Kier molecular flexibility index (Phi) is 3.23. The fraction of sp³-hybridized carbons (Fsp3) is 0.0714. The number of nitrogens with one attached hydrogen (secondary N) is 1. The van der Waals surface area contributed by atoms with Crippen molar-refractivity contribution in [1.29, 1.82) is 0 Å². The molecule has 0 fully saturated rings. The van der Waals surface area contributed by atoms with Crippen molar-refractivity contribution >= 4 is 34.9 Å². The lowest BCUT2D eigenvalue weighted by molar-refractivity contribution is 0.387. The van der Waals surface area contributed by atoms with Crippen molar-refractivity contribution in [3.63, 3.8) is 0 Å². The minimum Gasteiger partial charge on any atom is -0.494 e. The van der Waals surface area contributed by atoms with Gasteiger partial charge in [0.1, 0.15) is 0 Å². The Labute approximate surface area is 124 Å². The molecular formula is C14H10ClFN2OS. The van der Waals surface area contributed by atoms with E-state index in [1.54, 1.807) is 18.2 Å². The standard InChI is InChI=1S/C14H10ClFN2OS/c1-19-13-7-12-11(6-10(13)16)17-14(20)18(12)9-4-2-8(15)3-5-9/h2-7H,1H3,(H,17,20). The summed E-state index contributed by atoms with van der Waals surface area (Å²) in [5, 5.41) is 0.642. The van der Waals surface area contributed by atoms with Crippen LogP contribution in [-0.4, -0.2) is 16.7 Å². The number of H-pyrrole nitrogens is 1. The maximum atomic E-state index is 13.7. The second kappa shape index (κ2) is 4.92. The minimum absolute atomic E-state index is 0.175. The number of fused-ring (bicyclic) bond motifs is 1. The zero-order valence-electron chi connectivity index (χ0n) is 10.5. The lowest BCUT2D eigenvalue weighted by atomic mass is 10.2. The predicted molar refractivity (Wildman–Crippen MR) is 80.0 cm³/mol. The molecule has 3 rings (SSSR count). The van der Waals surface area contributed by atoms with Crippen molar-refractivity contribution < 1.29 is 9.13 Å². The number of aromatic amines is 1. The molecule has 0 radical (unpaired) electrons. The zero-order chi connectivity index (χ0) is 14.3. The van der Waals surface area contributed by atoms with Crippen LogP contribution in [-0.2, 0) is 0 Å². The fourth-order valence-corrected chi connectivity index (χ4v) is 2.55. The number of rotatable bonds is 2. The number of hydrogen-bond acceptors (Lipinski definition) is 2. The molecule has 1 N–H and O–H groups in total. The van der Waals surface area contributed by atoms with Crippen LogP contribution in [0.3, 0.4) is 0 Å². The molecule has 20 heavy (non-hydrogen) atoms. The van der Waals surface area contributed by atoms with E-state index in [0.29, 0.717) is 15.3 Å². The average Bonchev–Trinajstić information content (AvgIpc) is 2.74.